The minimum atomic E-state index is -4.10. The van der Waals surface area contributed by atoms with Crippen LogP contribution < -0.4 is 4.74 Å². The molecule has 0 aliphatic carbocycles. The van der Waals surface area contributed by atoms with E-state index in [0.29, 0.717) is 11.3 Å². The van der Waals surface area contributed by atoms with Crippen LogP contribution in [0.1, 0.15) is 10.4 Å². The number of aliphatic carboxylic acids is 1. The first-order valence-corrected chi connectivity index (χ1v) is 12.1. The van der Waals surface area contributed by atoms with Gasteiger partial charge in [0.2, 0.25) is 10.0 Å². The number of thiophene rings is 1. The van der Waals surface area contributed by atoms with Gasteiger partial charge in [0.05, 0.1) is 12.0 Å². The summed E-state index contributed by atoms with van der Waals surface area (Å²) in [6.07, 6.45) is 0.0797. The van der Waals surface area contributed by atoms with E-state index in [9.17, 15) is 18.3 Å². The molecule has 0 saturated heterocycles. The summed E-state index contributed by atoms with van der Waals surface area (Å²) < 4.78 is 34.0. The van der Waals surface area contributed by atoms with Gasteiger partial charge in [-0.2, -0.15) is 4.31 Å². The third-order valence-corrected chi connectivity index (χ3v) is 7.76. The third kappa shape index (κ3) is 5.28. The van der Waals surface area contributed by atoms with Gasteiger partial charge in [-0.05, 0) is 53.4 Å². The molecular weight excluding hydrogens is 490 g/mol. The van der Waals surface area contributed by atoms with Crippen molar-refractivity contribution in [2.75, 3.05) is 7.11 Å². The van der Waals surface area contributed by atoms with Gasteiger partial charge in [0.25, 0.3) is 0 Å². The van der Waals surface area contributed by atoms with Crippen molar-refractivity contribution in [3.05, 3.63) is 81.0 Å². The van der Waals surface area contributed by atoms with Crippen LogP contribution in [0.2, 0.25) is 0 Å². The molecule has 2 aromatic carbocycles. The maximum Gasteiger partial charge on any atom is 0.322 e. The lowest BCUT2D eigenvalue weighted by Crippen LogP contribution is -2.45. The van der Waals surface area contributed by atoms with Crippen molar-refractivity contribution in [3.63, 3.8) is 0 Å². The van der Waals surface area contributed by atoms with Crippen LogP contribution in [-0.2, 0) is 27.8 Å². The maximum atomic E-state index is 13.5. The fraction of sp³-hybridized carbons (Fsp3) is 0.190. The van der Waals surface area contributed by atoms with Crippen molar-refractivity contribution >= 4 is 43.3 Å². The van der Waals surface area contributed by atoms with Crippen LogP contribution in [0.5, 0.6) is 5.75 Å². The summed E-state index contributed by atoms with van der Waals surface area (Å²) in [5.41, 5.74) is 0.680. The summed E-state index contributed by atoms with van der Waals surface area (Å²) >= 11 is 4.78. The Morgan fingerprint density at radius 3 is 2.47 bits per heavy atom. The Morgan fingerprint density at radius 2 is 1.90 bits per heavy atom. The molecule has 1 N–H and O–H groups in total. The van der Waals surface area contributed by atoms with Gasteiger partial charge in [-0.3, -0.25) is 4.79 Å². The lowest BCUT2D eigenvalue weighted by Gasteiger charge is -2.28. The number of rotatable bonds is 9. The van der Waals surface area contributed by atoms with Gasteiger partial charge in [-0.15, -0.1) is 11.3 Å². The van der Waals surface area contributed by atoms with Gasteiger partial charge >= 0.3 is 5.97 Å². The minimum absolute atomic E-state index is 0.00993. The Balaban J connectivity index is 2.05. The summed E-state index contributed by atoms with van der Waals surface area (Å²) in [5.74, 6) is -0.684. The first-order chi connectivity index (χ1) is 14.3. The number of halogens is 1. The Labute approximate surface area is 187 Å². The first-order valence-electron chi connectivity index (χ1n) is 8.97. The SMILES string of the molecule is COc1ccc(S(=O)(=O)N(Cc2cccc(Br)c2)[C@H](Cc2cccs2)C(=O)O)cc1. The molecular formula is C21H20BrNO5S2. The number of carboxylic acid groups (broad SMARTS) is 1. The number of carbonyl (C=O) groups is 1. The second kappa shape index (κ2) is 9.74. The predicted molar refractivity (Wildman–Crippen MR) is 119 cm³/mol. The zero-order chi connectivity index (χ0) is 21.7. The van der Waals surface area contributed by atoms with Crippen molar-refractivity contribution in [3.8, 4) is 5.75 Å². The van der Waals surface area contributed by atoms with Crippen molar-refractivity contribution in [2.45, 2.75) is 23.9 Å². The number of hydrogen-bond acceptors (Lipinski definition) is 5. The van der Waals surface area contributed by atoms with E-state index in [1.165, 1.54) is 30.6 Å². The Kier molecular flexibility index (Phi) is 7.30. The molecule has 0 fully saturated rings. The lowest BCUT2D eigenvalue weighted by atomic mass is 10.1. The smallest absolute Gasteiger partial charge is 0.322 e. The first kappa shape index (κ1) is 22.5. The van der Waals surface area contributed by atoms with Gasteiger partial charge in [-0.1, -0.05) is 34.1 Å². The number of methoxy groups -OCH3 is 1. The van der Waals surface area contributed by atoms with Gasteiger partial charge < -0.3 is 9.84 Å². The Hall–Kier alpha value is -2.20. The van der Waals surface area contributed by atoms with Crippen LogP contribution in [0.3, 0.4) is 0 Å². The molecule has 0 bridgehead atoms. The largest absolute Gasteiger partial charge is 0.497 e. The summed E-state index contributed by atoms with van der Waals surface area (Å²) in [4.78, 5) is 13.0. The number of benzene rings is 2. The molecule has 30 heavy (non-hydrogen) atoms. The summed E-state index contributed by atoms with van der Waals surface area (Å²) in [7, 11) is -2.61. The molecule has 1 aromatic heterocycles. The van der Waals surface area contributed by atoms with Crippen LogP contribution in [0.15, 0.2) is 75.4 Å². The number of ether oxygens (including phenoxy) is 1. The monoisotopic (exact) mass is 509 g/mol. The molecule has 1 atom stereocenters. The Bertz CT molecular complexity index is 1100. The van der Waals surface area contributed by atoms with E-state index in [4.69, 9.17) is 4.74 Å². The molecule has 0 aliphatic heterocycles. The Morgan fingerprint density at radius 1 is 1.17 bits per heavy atom. The van der Waals surface area contributed by atoms with Crippen molar-refractivity contribution in [1.82, 2.24) is 4.31 Å². The molecule has 0 saturated carbocycles. The minimum Gasteiger partial charge on any atom is -0.497 e. The number of nitrogens with zero attached hydrogens (tertiary/aromatic N) is 1. The van der Waals surface area contributed by atoms with Crippen LogP contribution >= 0.6 is 27.3 Å². The van der Waals surface area contributed by atoms with Gasteiger partial charge in [-0.25, -0.2) is 8.42 Å². The van der Waals surface area contributed by atoms with Crippen LogP contribution in [0.4, 0.5) is 0 Å². The van der Waals surface area contributed by atoms with Gasteiger partial charge in [0, 0.05) is 22.3 Å². The van der Waals surface area contributed by atoms with Crippen molar-refractivity contribution in [1.29, 1.82) is 0 Å². The van der Waals surface area contributed by atoms with E-state index in [-0.39, 0.29) is 17.9 Å². The molecule has 0 spiro atoms. The highest BCUT2D eigenvalue weighted by molar-refractivity contribution is 9.10. The number of hydrogen-bond donors (Lipinski definition) is 1. The predicted octanol–water partition coefficient (Wildman–Crippen LogP) is 4.41. The van der Waals surface area contributed by atoms with Crippen LogP contribution in [0, 0.1) is 0 Å². The zero-order valence-electron chi connectivity index (χ0n) is 16.1. The molecule has 158 valence electrons. The second-order valence-electron chi connectivity index (χ2n) is 6.49. The van der Waals surface area contributed by atoms with Gasteiger partial charge in [0.15, 0.2) is 0 Å². The molecule has 0 radical (unpaired) electrons. The second-order valence-corrected chi connectivity index (χ2v) is 10.3. The van der Waals surface area contributed by atoms with Crippen molar-refractivity contribution in [2.24, 2.45) is 0 Å². The van der Waals surface area contributed by atoms with E-state index < -0.39 is 22.0 Å². The molecule has 0 amide bonds. The van der Waals surface area contributed by atoms with E-state index in [1.54, 1.807) is 36.4 Å². The zero-order valence-corrected chi connectivity index (χ0v) is 19.3. The highest BCUT2D eigenvalue weighted by atomic mass is 79.9. The summed E-state index contributed by atoms with van der Waals surface area (Å²) in [5, 5.41) is 11.8. The molecule has 0 aliphatic rings. The molecule has 9 heteroatoms. The van der Waals surface area contributed by atoms with Gasteiger partial charge in [0.1, 0.15) is 11.8 Å². The van der Waals surface area contributed by atoms with Crippen LogP contribution in [-0.4, -0.2) is 37.0 Å². The quantitative estimate of drug-likeness (QED) is 0.461. The number of sulfonamides is 1. The topological polar surface area (TPSA) is 83.9 Å². The van der Waals surface area contributed by atoms with Crippen LogP contribution in [0.25, 0.3) is 0 Å². The van der Waals surface area contributed by atoms with E-state index in [2.05, 4.69) is 15.9 Å². The fourth-order valence-corrected chi connectivity index (χ4v) is 5.75. The normalized spacial score (nSPS) is 12.6. The average molecular weight is 510 g/mol. The fourth-order valence-electron chi connectivity index (χ4n) is 2.99. The standard InChI is InChI=1S/C21H20BrNO5S2/c1-28-17-7-9-19(10-8-17)30(26,27)23(14-15-4-2-5-16(22)12-15)20(21(24)25)13-18-6-3-11-29-18/h2-12,20H,13-14H2,1H3,(H,24,25)/t20-/m1/s1. The average Bonchev–Trinajstić information content (AvgIpc) is 3.23. The maximum absolute atomic E-state index is 13.5. The highest BCUT2D eigenvalue weighted by Gasteiger charge is 2.36. The third-order valence-electron chi connectivity index (χ3n) is 4.50. The van der Waals surface area contributed by atoms with E-state index in [1.807, 2.05) is 17.5 Å². The van der Waals surface area contributed by atoms with Crippen molar-refractivity contribution < 1.29 is 23.1 Å². The molecule has 6 nitrogen and oxygen atoms in total. The highest BCUT2D eigenvalue weighted by Crippen LogP contribution is 2.26. The summed E-state index contributed by atoms with van der Waals surface area (Å²) in [6, 6.07) is 15.4. The number of carboxylic acids is 1. The molecule has 3 aromatic rings. The lowest BCUT2D eigenvalue weighted by molar-refractivity contribution is -0.141. The van der Waals surface area contributed by atoms with E-state index >= 15 is 0 Å². The van der Waals surface area contributed by atoms with E-state index in [0.717, 1.165) is 13.7 Å². The molecule has 1 heterocycles. The molecule has 0 unspecified atom stereocenters. The molecule has 3 rings (SSSR count). The summed E-state index contributed by atoms with van der Waals surface area (Å²) in [6.45, 7) is -0.0733.